The molecule has 0 fully saturated rings. The third kappa shape index (κ3) is 2.64. The summed E-state index contributed by atoms with van der Waals surface area (Å²) >= 11 is 0. The fourth-order valence-corrected chi connectivity index (χ4v) is 0.910. The Morgan fingerprint density at radius 1 is 1.54 bits per heavy atom. The van der Waals surface area contributed by atoms with Crippen molar-refractivity contribution in [2.75, 3.05) is 12.8 Å². The number of nitrogens with zero attached hydrogens (tertiary/aromatic N) is 2. The predicted octanol–water partition coefficient (Wildman–Crippen LogP) is -0.274. The summed E-state index contributed by atoms with van der Waals surface area (Å²) in [5, 5.41) is 1.37. The van der Waals surface area contributed by atoms with Gasteiger partial charge in [-0.2, -0.15) is 0 Å². The molecule has 5 nitrogen and oxygen atoms in total. The van der Waals surface area contributed by atoms with Crippen LogP contribution in [0.15, 0.2) is 24.7 Å². The largest absolute Gasteiger partial charge is 0.397 e. The molecule has 0 saturated carbocycles. The van der Waals surface area contributed by atoms with Crippen LogP contribution < -0.4 is 17.3 Å². The summed E-state index contributed by atoms with van der Waals surface area (Å²) in [4.78, 5) is 3.91. The second-order valence-electron chi connectivity index (χ2n) is 2.76. The predicted molar refractivity (Wildman–Crippen MR) is 52.8 cm³/mol. The molecule has 1 heterocycles. The van der Waals surface area contributed by atoms with Gasteiger partial charge in [0, 0.05) is 31.2 Å². The fraction of sp³-hybridized carbons (Fsp3) is 0.125. The lowest BCUT2D eigenvalue weighted by molar-refractivity contribution is 0.486. The molecule has 13 heavy (non-hydrogen) atoms. The number of nitrogen functional groups attached to an aromatic ring is 1. The van der Waals surface area contributed by atoms with Gasteiger partial charge in [0.1, 0.15) is 0 Å². The third-order valence-corrected chi connectivity index (χ3v) is 1.44. The molecule has 1 aromatic rings. The Bertz CT molecular complexity index is 318. The molecule has 5 heteroatoms. The molecule has 1 aromatic heterocycles. The summed E-state index contributed by atoms with van der Waals surface area (Å²) in [6.45, 7) is 0. The number of anilines is 1. The zero-order valence-electron chi connectivity index (χ0n) is 7.44. The first kappa shape index (κ1) is 9.34. The normalized spacial score (nSPS) is 11.4. The van der Waals surface area contributed by atoms with Crippen LogP contribution in [0, 0.1) is 0 Å². The summed E-state index contributed by atoms with van der Waals surface area (Å²) in [6, 6.07) is 1.74. The van der Waals surface area contributed by atoms with E-state index in [2.05, 4.69) is 4.98 Å². The first-order valence-corrected chi connectivity index (χ1v) is 3.75. The molecule has 70 valence electrons. The highest BCUT2D eigenvalue weighted by Gasteiger charge is 1.97. The molecule has 0 aliphatic rings. The van der Waals surface area contributed by atoms with Crippen LogP contribution in [0.5, 0.6) is 0 Å². The Morgan fingerprint density at radius 3 is 2.77 bits per heavy atom. The molecule has 0 bridgehead atoms. The zero-order chi connectivity index (χ0) is 9.84. The van der Waals surface area contributed by atoms with Crippen molar-refractivity contribution < 1.29 is 0 Å². The molecule has 0 aliphatic heterocycles. The second-order valence-corrected chi connectivity index (χ2v) is 2.76. The summed E-state index contributed by atoms with van der Waals surface area (Å²) < 4.78 is 0. The van der Waals surface area contributed by atoms with Crippen LogP contribution in [0.1, 0.15) is 5.56 Å². The van der Waals surface area contributed by atoms with Gasteiger partial charge in [-0.3, -0.25) is 4.98 Å². The molecule has 6 N–H and O–H groups in total. The van der Waals surface area contributed by atoms with Gasteiger partial charge in [-0.25, -0.2) is 5.84 Å². The highest BCUT2D eigenvalue weighted by Crippen LogP contribution is 2.10. The maximum absolute atomic E-state index is 5.71. The second kappa shape index (κ2) is 3.77. The maximum atomic E-state index is 5.71. The maximum Gasteiger partial charge on any atom is 0.0580 e. The van der Waals surface area contributed by atoms with E-state index in [1.165, 1.54) is 5.01 Å². The minimum Gasteiger partial charge on any atom is -0.397 e. The lowest BCUT2D eigenvalue weighted by Gasteiger charge is -2.07. The Hall–Kier alpha value is -1.75. The van der Waals surface area contributed by atoms with Gasteiger partial charge in [-0.15, -0.1) is 0 Å². The summed E-state index contributed by atoms with van der Waals surface area (Å²) in [5.74, 6) is 5.39. The van der Waals surface area contributed by atoms with Crippen molar-refractivity contribution in [1.82, 2.24) is 9.99 Å². The number of nitrogens with two attached hydrogens (primary N) is 3. The average Bonchev–Trinajstić information content (AvgIpc) is 2.03. The van der Waals surface area contributed by atoms with E-state index in [1.807, 2.05) is 0 Å². The highest BCUT2D eigenvalue weighted by molar-refractivity contribution is 5.64. The van der Waals surface area contributed by atoms with Gasteiger partial charge < -0.3 is 16.5 Å². The molecule has 0 saturated heterocycles. The van der Waals surface area contributed by atoms with E-state index >= 15 is 0 Å². The van der Waals surface area contributed by atoms with Crippen LogP contribution in [0.4, 0.5) is 5.69 Å². The van der Waals surface area contributed by atoms with Crippen molar-refractivity contribution in [3.8, 4) is 0 Å². The van der Waals surface area contributed by atoms with Gasteiger partial charge in [0.25, 0.3) is 0 Å². The van der Waals surface area contributed by atoms with Crippen LogP contribution in [-0.2, 0) is 0 Å². The van der Waals surface area contributed by atoms with Crippen molar-refractivity contribution in [2.45, 2.75) is 0 Å². The topological polar surface area (TPSA) is 94.2 Å². The Balaban J connectivity index is 2.95. The van der Waals surface area contributed by atoms with Crippen LogP contribution in [0.25, 0.3) is 5.70 Å². The molecule has 0 atom stereocenters. The zero-order valence-corrected chi connectivity index (χ0v) is 7.44. The number of rotatable bonds is 2. The minimum atomic E-state index is 0.532. The molecule has 0 spiro atoms. The van der Waals surface area contributed by atoms with Crippen LogP contribution >= 0.6 is 0 Å². The molecular weight excluding hydrogens is 166 g/mol. The van der Waals surface area contributed by atoms with E-state index in [0.717, 1.165) is 5.56 Å². The van der Waals surface area contributed by atoms with Crippen LogP contribution in [-0.4, -0.2) is 17.0 Å². The van der Waals surface area contributed by atoms with Crippen molar-refractivity contribution >= 4 is 11.4 Å². The van der Waals surface area contributed by atoms with Crippen molar-refractivity contribution in [1.29, 1.82) is 0 Å². The average molecular weight is 179 g/mol. The smallest absolute Gasteiger partial charge is 0.0580 e. The quantitative estimate of drug-likeness (QED) is 0.429. The van der Waals surface area contributed by atoms with E-state index in [-0.39, 0.29) is 0 Å². The van der Waals surface area contributed by atoms with Gasteiger partial charge in [0.2, 0.25) is 0 Å². The van der Waals surface area contributed by atoms with E-state index in [4.69, 9.17) is 17.3 Å². The molecule has 1 rings (SSSR count). The number of hydrazine groups is 1. The first-order chi connectivity index (χ1) is 6.09. The summed E-state index contributed by atoms with van der Waals surface area (Å²) in [5.41, 5.74) is 13.1. The molecule has 0 unspecified atom stereocenters. The van der Waals surface area contributed by atoms with Gasteiger partial charge >= 0.3 is 0 Å². The monoisotopic (exact) mass is 179 g/mol. The van der Waals surface area contributed by atoms with E-state index in [1.54, 1.807) is 31.7 Å². The molecular formula is C8H13N5. The first-order valence-electron chi connectivity index (χ1n) is 3.75. The van der Waals surface area contributed by atoms with Gasteiger partial charge in [-0.1, -0.05) is 0 Å². The lowest BCUT2D eigenvalue weighted by Crippen LogP contribution is -2.20. The van der Waals surface area contributed by atoms with Crippen molar-refractivity contribution in [3.05, 3.63) is 30.2 Å². The fourth-order valence-electron chi connectivity index (χ4n) is 0.910. The summed E-state index contributed by atoms with van der Waals surface area (Å²) in [7, 11) is 1.69. The highest BCUT2D eigenvalue weighted by atomic mass is 15.4. The molecule has 0 aliphatic carbocycles. The Labute approximate surface area is 76.8 Å². The number of hydrogen-bond acceptors (Lipinski definition) is 5. The molecule has 0 amide bonds. The van der Waals surface area contributed by atoms with Gasteiger partial charge in [0.15, 0.2) is 0 Å². The lowest BCUT2D eigenvalue weighted by atomic mass is 10.2. The Morgan fingerprint density at radius 2 is 2.23 bits per heavy atom. The molecule has 0 radical (unpaired) electrons. The number of pyridine rings is 1. The summed E-state index contributed by atoms with van der Waals surface area (Å²) in [6.07, 6.45) is 4.78. The van der Waals surface area contributed by atoms with Crippen LogP contribution in [0.2, 0.25) is 0 Å². The molecule has 0 aromatic carbocycles. The van der Waals surface area contributed by atoms with Gasteiger partial charge in [0.05, 0.1) is 11.4 Å². The number of aromatic nitrogens is 1. The van der Waals surface area contributed by atoms with Crippen molar-refractivity contribution in [2.24, 2.45) is 11.6 Å². The van der Waals surface area contributed by atoms with E-state index < -0.39 is 0 Å². The van der Waals surface area contributed by atoms with Crippen molar-refractivity contribution in [3.63, 3.8) is 0 Å². The SMILES string of the molecule is CN(N)/C=C(\N)c1cncc(N)c1. The third-order valence-electron chi connectivity index (χ3n) is 1.44. The Kier molecular flexibility index (Phi) is 2.71. The minimum absolute atomic E-state index is 0.532. The van der Waals surface area contributed by atoms with Gasteiger partial charge in [-0.05, 0) is 6.07 Å². The van der Waals surface area contributed by atoms with E-state index in [9.17, 15) is 0 Å². The number of hydrogen-bond donors (Lipinski definition) is 3. The standard InChI is InChI=1S/C8H13N5/c1-13(11)5-8(10)6-2-7(9)4-12-3-6/h2-5H,9-11H2,1H3/b8-5-. The van der Waals surface area contributed by atoms with Crippen LogP contribution in [0.3, 0.4) is 0 Å². The van der Waals surface area contributed by atoms with E-state index in [0.29, 0.717) is 11.4 Å².